The average Bonchev–Trinajstić information content (AvgIpc) is 3.40. The topological polar surface area (TPSA) is 81.9 Å². The second kappa shape index (κ2) is 10.5. The lowest BCUT2D eigenvalue weighted by Gasteiger charge is -2.10. The van der Waals surface area contributed by atoms with Crippen LogP contribution in [0.25, 0.3) is 5.69 Å². The van der Waals surface area contributed by atoms with Crippen LogP contribution in [0.3, 0.4) is 0 Å². The maximum absolute atomic E-state index is 12.4. The van der Waals surface area contributed by atoms with Crippen molar-refractivity contribution in [2.45, 2.75) is 0 Å². The Morgan fingerprint density at radius 2 is 1.68 bits per heavy atom. The number of hydrogen-bond donors (Lipinski definition) is 1. The van der Waals surface area contributed by atoms with Gasteiger partial charge in [-0.2, -0.15) is 5.10 Å². The van der Waals surface area contributed by atoms with E-state index >= 15 is 0 Å². The van der Waals surface area contributed by atoms with E-state index in [0.717, 1.165) is 5.69 Å². The van der Waals surface area contributed by atoms with Gasteiger partial charge in [0, 0.05) is 28.7 Å². The molecule has 0 unspecified atom stereocenters. The first kappa shape index (κ1) is 22.8. The van der Waals surface area contributed by atoms with Crippen molar-refractivity contribution in [3.05, 3.63) is 113 Å². The van der Waals surface area contributed by atoms with Crippen molar-refractivity contribution in [2.24, 2.45) is 5.10 Å². The van der Waals surface area contributed by atoms with Crippen molar-refractivity contribution in [1.82, 2.24) is 9.99 Å². The fourth-order valence-electron chi connectivity index (χ4n) is 3.14. The molecule has 7 nitrogen and oxygen atoms in total. The monoisotopic (exact) mass is 473 g/mol. The van der Waals surface area contributed by atoms with Gasteiger partial charge in [0.2, 0.25) is 0 Å². The third-order valence-corrected chi connectivity index (χ3v) is 5.10. The maximum Gasteiger partial charge on any atom is 0.343 e. The molecular weight excluding hydrogens is 454 g/mol. The zero-order chi connectivity index (χ0) is 23.9. The third kappa shape index (κ3) is 5.51. The van der Waals surface area contributed by atoms with Gasteiger partial charge in [0.25, 0.3) is 5.91 Å². The number of halogens is 1. The summed E-state index contributed by atoms with van der Waals surface area (Å²) in [6.07, 6.45) is 5.32. The predicted molar refractivity (Wildman–Crippen MR) is 130 cm³/mol. The summed E-state index contributed by atoms with van der Waals surface area (Å²) in [5.74, 6) is -0.311. The molecule has 0 spiro atoms. The van der Waals surface area contributed by atoms with E-state index in [4.69, 9.17) is 21.1 Å². The van der Waals surface area contributed by atoms with Crippen LogP contribution in [0.5, 0.6) is 11.5 Å². The van der Waals surface area contributed by atoms with E-state index in [-0.39, 0.29) is 11.7 Å². The highest BCUT2D eigenvalue weighted by Gasteiger charge is 2.13. The number of nitrogens with zero attached hydrogens (tertiary/aromatic N) is 2. The highest BCUT2D eigenvalue weighted by Crippen LogP contribution is 2.28. The number of carbonyl (C=O) groups is 2. The van der Waals surface area contributed by atoms with E-state index in [2.05, 4.69) is 10.5 Å². The van der Waals surface area contributed by atoms with Crippen LogP contribution >= 0.6 is 11.6 Å². The van der Waals surface area contributed by atoms with Crippen LogP contribution in [-0.4, -0.2) is 29.8 Å². The van der Waals surface area contributed by atoms with Gasteiger partial charge < -0.3 is 14.0 Å². The first-order chi connectivity index (χ1) is 16.5. The second-order valence-corrected chi connectivity index (χ2v) is 7.58. The Hall–Kier alpha value is -4.36. The van der Waals surface area contributed by atoms with E-state index in [9.17, 15) is 9.59 Å². The molecule has 34 heavy (non-hydrogen) atoms. The van der Waals surface area contributed by atoms with E-state index in [1.165, 1.54) is 19.4 Å². The summed E-state index contributed by atoms with van der Waals surface area (Å²) in [6, 6.07) is 22.4. The van der Waals surface area contributed by atoms with Crippen molar-refractivity contribution in [3.8, 4) is 17.2 Å². The van der Waals surface area contributed by atoms with Gasteiger partial charge >= 0.3 is 5.97 Å². The Morgan fingerprint density at radius 1 is 0.912 bits per heavy atom. The van der Waals surface area contributed by atoms with Gasteiger partial charge in [-0.05, 0) is 78.4 Å². The Kier molecular flexibility index (Phi) is 7.05. The van der Waals surface area contributed by atoms with Gasteiger partial charge in [0.1, 0.15) is 0 Å². The fourth-order valence-corrected chi connectivity index (χ4v) is 3.33. The molecule has 1 aromatic heterocycles. The van der Waals surface area contributed by atoms with Crippen molar-refractivity contribution < 1.29 is 19.1 Å². The maximum atomic E-state index is 12.4. The molecule has 0 saturated heterocycles. The molecule has 0 aliphatic carbocycles. The van der Waals surface area contributed by atoms with Gasteiger partial charge in [-0.15, -0.1) is 0 Å². The van der Waals surface area contributed by atoms with E-state index in [0.29, 0.717) is 27.5 Å². The number of carbonyl (C=O) groups excluding carboxylic acids is 2. The first-order valence-electron chi connectivity index (χ1n) is 10.3. The van der Waals surface area contributed by atoms with Gasteiger partial charge in [0.05, 0.1) is 18.9 Å². The minimum atomic E-state index is -0.558. The van der Waals surface area contributed by atoms with Crippen molar-refractivity contribution in [1.29, 1.82) is 0 Å². The number of aromatic nitrogens is 1. The van der Waals surface area contributed by atoms with Crippen LogP contribution in [0.1, 0.15) is 26.3 Å². The SMILES string of the molecule is COc1cc(/C=N/NC(=O)c2ccc(-n3cccc3)cc2)ccc1OC(=O)c1cccc(Cl)c1. The van der Waals surface area contributed by atoms with Gasteiger partial charge in [-0.3, -0.25) is 4.79 Å². The molecule has 0 fully saturated rings. The number of rotatable bonds is 7. The lowest BCUT2D eigenvalue weighted by molar-refractivity contribution is 0.0729. The van der Waals surface area contributed by atoms with Gasteiger partial charge in [-0.1, -0.05) is 17.7 Å². The Morgan fingerprint density at radius 3 is 2.38 bits per heavy atom. The minimum absolute atomic E-state index is 0.247. The Balaban J connectivity index is 1.39. The summed E-state index contributed by atoms with van der Waals surface area (Å²) in [5, 5.41) is 4.44. The Bertz CT molecular complexity index is 1330. The van der Waals surface area contributed by atoms with Crippen LogP contribution in [0.2, 0.25) is 5.02 Å². The number of amides is 1. The standard InChI is InChI=1S/C26H20ClN3O4/c1-33-24-15-18(7-12-23(24)34-26(32)20-5-4-6-21(27)16-20)17-28-29-25(31)19-8-10-22(11-9-19)30-13-2-3-14-30/h2-17H,1H3,(H,29,31)/b28-17+. The highest BCUT2D eigenvalue weighted by atomic mass is 35.5. The molecule has 170 valence electrons. The summed E-state index contributed by atoms with van der Waals surface area (Å²) in [6.45, 7) is 0. The molecule has 3 aromatic carbocycles. The van der Waals surface area contributed by atoms with E-state index in [1.54, 1.807) is 48.5 Å². The molecule has 1 heterocycles. The largest absolute Gasteiger partial charge is 0.493 e. The lowest BCUT2D eigenvalue weighted by atomic mass is 10.2. The van der Waals surface area contributed by atoms with Crippen molar-refractivity contribution >= 4 is 29.7 Å². The molecule has 0 radical (unpaired) electrons. The molecule has 4 rings (SSSR count). The highest BCUT2D eigenvalue weighted by molar-refractivity contribution is 6.30. The molecule has 1 N–H and O–H groups in total. The average molecular weight is 474 g/mol. The molecule has 0 aliphatic heterocycles. The van der Waals surface area contributed by atoms with Crippen LogP contribution in [-0.2, 0) is 0 Å². The van der Waals surface area contributed by atoms with Crippen LogP contribution in [0, 0.1) is 0 Å². The summed E-state index contributed by atoms with van der Waals surface area (Å²) < 4.78 is 12.7. The molecule has 8 heteroatoms. The number of methoxy groups -OCH3 is 1. The predicted octanol–water partition coefficient (Wildman–Crippen LogP) is 5.12. The molecule has 1 amide bonds. The minimum Gasteiger partial charge on any atom is -0.493 e. The van der Waals surface area contributed by atoms with Crippen LogP contribution < -0.4 is 14.9 Å². The summed E-state index contributed by atoms with van der Waals surface area (Å²) in [5.41, 5.74) is 4.90. The van der Waals surface area contributed by atoms with Crippen molar-refractivity contribution in [3.63, 3.8) is 0 Å². The number of hydrazone groups is 1. The molecule has 4 aromatic rings. The fraction of sp³-hybridized carbons (Fsp3) is 0.0385. The molecule has 0 atom stereocenters. The second-order valence-electron chi connectivity index (χ2n) is 7.15. The first-order valence-corrected chi connectivity index (χ1v) is 10.6. The van der Waals surface area contributed by atoms with E-state index < -0.39 is 5.97 Å². The van der Waals surface area contributed by atoms with Crippen LogP contribution in [0.15, 0.2) is 96.4 Å². The van der Waals surface area contributed by atoms with Crippen LogP contribution in [0.4, 0.5) is 0 Å². The number of nitrogens with one attached hydrogen (secondary N) is 1. The zero-order valence-corrected chi connectivity index (χ0v) is 18.9. The molecule has 0 saturated carbocycles. The summed E-state index contributed by atoms with van der Waals surface area (Å²) in [4.78, 5) is 24.7. The Labute approximate surface area is 201 Å². The number of esters is 1. The molecule has 0 aliphatic rings. The number of benzene rings is 3. The van der Waals surface area contributed by atoms with Crippen molar-refractivity contribution in [2.75, 3.05) is 7.11 Å². The zero-order valence-electron chi connectivity index (χ0n) is 18.1. The third-order valence-electron chi connectivity index (χ3n) is 4.86. The van der Waals surface area contributed by atoms with Gasteiger partial charge in [0.15, 0.2) is 11.5 Å². The molecule has 0 bridgehead atoms. The summed E-state index contributed by atoms with van der Waals surface area (Å²) in [7, 11) is 1.46. The normalized spacial score (nSPS) is 10.8. The number of ether oxygens (including phenoxy) is 2. The summed E-state index contributed by atoms with van der Waals surface area (Å²) >= 11 is 5.93. The quantitative estimate of drug-likeness (QED) is 0.175. The molecular formula is C26H20ClN3O4. The number of hydrogen-bond acceptors (Lipinski definition) is 5. The lowest BCUT2D eigenvalue weighted by Crippen LogP contribution is -2.17. The smallest absolute Gasteiger partial charge is 0.343 e. The van der Waals surface area contributed by atoms with Gasteiger partial charge in [-0.25, -0.2) is 10.2 Å². The van der Waals surface area contributed by atoms with E-state index in [1.807, 2.05) is 41.2 Å².